The summed E-state index contributed by atoms with van der Waals surface area (Å²) in [5.41, 5.74) is 5.07. The highest BCUT2D eigenvalue weighted by atomic mass is 28.3. The summed E-state index contributed by atoms with van der Waals surface area (Å²) in [6.07, 6.45) is 0. The van der Waals surface area contributed by atoms with E-state index in [-0.39, 0.29) is 0 Å². The van der Waals surface area contributed by atoms with E-state index in [0.717, 1.165) is 0 Å². The Balaban J connectivity index is 1.91. The zero-order valence-electron chi connectivity index (χ0n) is 18.6. The van der Waals surface area contributed by atoms with Crippen LogP contribution in [0.3, 0.4) is 0 Å². The summed E-state index contributed by atoms with van der Waals surface area (Å²) in [4.78, 5) is 0. The zero-order chi connectivity index (χ0) is 21.4. The third-order valence-corrected chi connectivity index (χ3v) is 11.9. The fourth-order valence-electron chi connectivity index (χ4n) is 4.85. The molecule has 152 valence electrons. The first-order valence-corrected chi connectivity index (χ1v) is 14.1. The van der Waals surface area contributed by atoms with Crippen molar-refractivity contribution < 1.29 is 0 Å². The topological polar surface area (TPSA) is 0 Å². The first kappa shape index (κ1) is 19.9. The van der Waals surface area contributed by atoms with Gasteiger partial charge in [-0.3, -0.25) is 0 Å². The SMILES string of the molecule is CC[Si](C#Cc1c2cc3ccccc3cc2cc2cc3ccccc3cc12)(CC)CC. The van der Waals surface area contributed by atoms with E-state index in [1.807, 2.05) is 0 Å². The molecule has 5 rings (SSSR count). The summed E-state index contributed by atoms with van der Waals surface area (Å²) in [6, 6.07) is 32.7. The lowest BCUT2D eigenvalue weighted by Gasteiger charge is -2.20. The normalized spacial score (nSPS) is 11.8. The largest absolute Gasteiger partial charge is 0.138 e. The van der Waals surface area contributed by atoms with Crippen molar-refractivity contribution in [2.75, 3.05) is 0 Å². The molecule has 0 unspecified atom stereocenters. The number of fused-ring (bicyclic) bond motifs is 4. The van der Waals surface area contributed by atoms with Gasteiger partial charge in [-0.15, -0.1) is 5.54 Å². The molecule has 0 aliphatic heterocycles. The Morgan fingerprint density at radius 1 is 0.548 bits per heavy atom. The molecule has 0 saturated heterocycles. The quantitative estimate of drug-likeness (QED) is 0.157. The molecule has 5 aromatic rings. The van der Waals surface area contributed by atoms with Crippen molar-refractivity contribution in [2.45, 2.75) is 38.9 Å². The van der Waals surface area contributed by atoms with Crippen LogP contribution in [0.2, 0.25) is 18.1 Å². The van der Waals surface area contributed by atoms with E-state index >= 15 is 0 Å². The summed E-state index contributed by atoms with van der Waals surface area (Å²) in [5.74, 6) is 3.77. The van der Waals surface area contributed by atoms with Crippen molar-refractivity contribution >= 4 is 51.2 Å². The Kier molecular flexibility index (Phi) is 5.04. The van der Waals surface area contributed by atoms with Gasteiger partial charge in [0.25, 0.3) is 0 Å². The molecule has 0 spiro atoms. The van der Waals surface area contributed by atoms with Crippen LogP contribution in [0.15, 0.2) is 78.9 Å². The van der Waals surface area contributed by atoms with Crippen molar-refractivity contribution in [1.29, 1.82) is 0 Å². The van der Waals surface area contributed by atoms with Gasteiger partial charge < -0.3 is 0 Å². The molecule has 0 amide bonds. The first-order valence-electron chi connectivity index (χ1n) is 11.5. The molecule has 0 aliphatic rings. The molecule has 5 aromatic carbocycles. The van der Waals surface area contributed by atoms with Crippen LogP contribution in [0.25, 0.3) is 43.1 Å². The Morgan fingerprint density at radius 2 is 0.935 bits per heavy atom. The van der Waals surface area contributed by atoms with Gasteiger partial charge in [-0.05, 0) is 91.6 Å². The molecular formula is C30H28Si. The Labute approximate surface area is 185 Å². The van der Waals surface area contributed by atoms with Gasteiger partial charge in [-0.25, -0.2) is 0 Å². The van der Waals surface area contributed by atoms with Crippen LogP contribution in [-0.2, 0) is 0 Å². The van der Waals surface area contributed by atoms with Crippen LogP contribution in [0.5, 0.6) is 0 Å². The first-order chi connectivity index (χ1) is 15.2. The monoisotopic (exact) mass is 416 g/mol. The van der Waals surface area contributed by atoms with Crippen LogP contribution in [0, 0.1) is 11.5 Å². The molecule has 31 heavy (non-hydrogen) atoms. The van der Waals surface area contributed by atoms with E-state index in [0.29, 0.717) is 0 Å². The number of hydrogen-bond donors (Lipinski definition) is 0. The summed E-state index contributed by atoms with van der Waals surface area (Å²) in [6.45, 7) is 6.99. The molecule has 1 heteroatoms. The van der Waals surface area contributed by atoms with Gasteiger partial charge in [-0.2, -0.15) is 0 Å². The highest BCUT2D eigenvalue weighted by molar-refractivity contribution is 6.87. The third kappa shape index (κ3) is 3.42. The minimum Gasteiger partial charge on any atom is -0.126 e. The summed E-state index contributed by atoms with van der Waals surface area (Å²) >= 11 is 0. The standard InChI is InChI=1S/C30H28Si/c1-4-31(5-2,6-3)16-15-28-29-20-24-13-9-7-11-22(24)17-26(29)19-27-18-23-12-8-10-14-25(23)21-30(27)28/h7-14,17-21H,4-6H2,1-3H3. The lowest BCUT2D eigenvalue weighted by Crippen LogP contribution is -2.29. The third-order valence-electron chi connectivity index (χ3n) is 7.17. The van der Waals surface area contributed by atoms with E-state index < -0.39 is 8.07 Å². The van der Waals surface area contributed by atoms with Gasteiger partial charge in [0.05, 0.1) is 0 Å². The average molecular weight is 417 g/mol. The van der Waals surface area contributed by atoms with Crippen LogP contribution in [0.1, 0.15) is 26.3 Å². The maximum Gasteiger partial charge on any atom is 0.138 e. The maximum atomic E-state index is 3.87. The van der Waals surface area contributed by atoms with Gasteiger partial charge in [0.2, 0.25) is 0 Å². The fraction of sp³-hybridized carbons (Fsp3) is 0.200. The second kappa shape index (κ2) is 7.87. The van der Waals surface area contributed by atoms with Crippen LogP contribution in [-0.4, -0.2) is 8.07 Å². The van der Waals surface area contributed by atoms with E-state index in [4.69, 9.17) is 0 Å². The van der Waals surface area contributed by atoms with Crippen molar-refractivity contribution in [3.05, 3.63) is 84.4 Å². The number of hydrogen-bond acceptors (Lipinski definition) is 0. The maximum absolute atomic E-state index is 3.87. The smallest absolute Gasteiger partial charge is 0.126 e. The predicted molar refractivity (Wildman–Crippen MR) is 141 cm³/mol. The van der Waals surface area contributed by atoms with E-state index in [9.17, 15) is 0 Å². The molecule has 0 heterocycles. The summed E-state index contributed by atoms with van der Waals surface area (Å²) in [5, 5.41) is 10.2. The molecular weight excluding hydrogens is 388 g/mol. The second-order valence-corrected chi connectivity index (χ2v) is 13.6. The molecule has 0 radical (unpaired) electrons. The van der Waals surface area contributed by atoms with E-state index in [2.05, 4.69) is 111 Å². The minimum atomic E-state index is -1.54. The molecule has 0 N–H and O–H groups in total. The molecule has 0 bridgehead atoms. The Bertz CT molecular complexity index is 1390. The lowest BCUT2D eigenvalue weighted by atomic mass is 9.93. The molecule has 0 aromatic heterocycles. The Hall–Kier alpha value is -3.08. The fourth-order valence-corrected chi connectivity index (χ4v) is 7.27. The molecule has 0 atom stereocenters. The zero-order valence-corrected chi connectivity index (χ0v) is 19.6. The highest BCUT2D eigenvalue weighted by Gasteiger charge is 2.24. The molecule has 0 aliphatic carbocycles. The summed E-state index contributed by atoms with van der Waals surface area (Å²) < 4.78 is 0. The van der Waals surface area contributed by atoms with E-state index in [1.54, 1.807) is 0 Å². The average Bonchev–Trinajstić information content (AvgIpc) is 2.82. The van der Waals surface area contributed by atoms with Gasteiger partial charge in [0.1, 0.15) is 8.07 Å². The van der Waals surface area contributed by atoms with Gasteiger partial charge >= 0.3 is 0 Å². The van der Waals surface area contributed by atoms with Crippen molar-refractivity contribution in [3.8, 4) is 11.5 Å². The molecule has 0 saturated carbocycles. The van der Waals surface area contributed by atoms with Crippen LogP contribution in [0.4, 0.5) is 0 Å². The molecule has 0 nitrogen and oxygen atoms in total. The summed E-state index contributed by atoms with van der Waals surface area (Å²) in [7, 11) is -1.54. The van der Waals surface area contributed by atoms with Crippen LogP contribution >= 0.6 is 0 Å². The van der Waals surface area contributed by atoms with Gasteiger partial charge in [0.15, 0.2) is 0 Å². The van der Waals surface area contributed by atoms with Gasteiger partial charge in [-0.1, -0.05) is 75.2 Å². The van der Waals surface area contributed by atoms with Crippen LogP contribution < -0.4 is 0 Å². The highest BCUT2D eigenvalue weighted by Crippen LogP contribution is 2.34. The second-order valence-electron chi connectivity index (χ2n) is 8.68. The van der Waals surface area contributed by atoms with Crippen molar-refractivity contribution in [1.82, 2.24) is 0 Å². The Morgan fingerprint density at radius 3 is 1.35 bits per heavy atom. The molecule has 0 fully saturated rings. The van der Waals surface area contributed by atoms with E-state index in [1.165, 1.54) is 66.8 Å². The predicted octanol–water partition coefficient (Wildman–Crippen LogP) is 8.70. The number of benzene rings is 5. The number of rotatable bonds is 3. The van der Waals surface area contributed by atoms with Crippen molar-refractivity contribution in [2.24, 2.45) is 0 Å². The van der Waals surface area contributed by atoms with Crippen molar-refractivity contribution in [3.63, 3.8) is 0 Å². The van der Waals surface area contributed by atoms with Gasteiger partial charge in [0, 0.05) is 5.56 Å². The minimum absolute atomic E-state index is 1.20. The lowest BCUT2D eigenvalue weighted by molar-refractivity contribution is 1.20.